The van der Waals surface area contributed by atoms with Gasteiger partial charge in [0.1, 0.15) is 11.6 Å². The van der Waals surface area contributed by atoms with Crippen molar-refractivity contribution in [2.75, 3.05) is 45.2 Å². The number of amides is 1. The SMILES string of the molecule is COc1ccc(-c2n[nH]c(=S)n2CCC(=O)NCc2ccnc(N3CCN(C)CC3)c2)cc1. The van der Waals surface area contributed by atoms with E-state index in [1.165, 1.54) is 0 Å². The van der Waals surface area contributed by atoms with Crippen molar-refractivity contribution >= 4 is 23.9 Å². The van der Waals surface area contributed by atoms with Gasteiger partial charge in [-0.15, -0.1) is 0 Å². The Morgan fingerprint density at radius 3 is 2.67 bits per heavy atom. The van der Waals surface area contributed by atoms with Gasteiger partial charge in [-0.05, 0) is 61.2 Å². The molecule has 4 rings (SSSR count). The average molecular weight is 468 g/mol. The number of hydrogen-bond acceptors (Lipinski definition) is 7. The summed E-state index contributed by atoms with van der Waals surface area (Å²) in [5.41, 5.74) is 1.93. The number of hydrogen-bond donors (Lipinski definition) is 2. The van der Waals surface area contributed by atoms with Crippen molar-refractivity contribution in [3.05, 3.63) is 52.9 Å². The van der Waals surface area contributed by atoms with E-state index in [4.69, 9.17) is 17.0 Å². The number of aromatic nitrogens is 4. The van der Waals surface area contributed by atoms with E-state index >= 15 is 0 Å². The number of carbonyl (C=O) groups excluding carboxylic acids is 1. The molecule has 0 aliphatic carbocycles. The van der Waals surface area contributed by atoms with Gasteiger partial charge in [0.25, 0.3) is 0 Å². The first-order valence-electron chi connectivity index (χ1n) is 11.0. The summed E-state index contributed by atoms with van der Waals surface area (Å²) in [6, 6.07) is 11.6. The number of rotatable bonds is 8. The summed E-state index contributed by atoms with van der Waals surface area (Å²) in [4.78, 5) is 21.6. The Kier molecular flexibility index (Phi) is 7.36. The Morgan fingerprint density at radius 2 is 1.94 bits per heavy atom. The number of anilines is 1. The standard InChI is InChI=1S/C23H29N7O2S/c1-28-11-13-29(14-12-28)20-15-17(7-9-24-20)16-25-21(31)8-10-30-22(26-27-23(30)33)18-3-5-19(32-2)6-4-18/h3-7,9,15H,8,10-14,16H2,1-2H3,(H,25,31)(H,27,33). The van der Waals surface area contributed by atoms with Crippen LogP contribution >= 0.6 is 12.2 Å². The molecule has 2 aromatic heterocycles. The predicted molar refractivity (Wildman–Crippen MR) is 130 cm³/mol. The third kappa shape index (κ3) is 5.77. The number of nitrogens with one attached hydrogen (secondary N) is 2. The second kappa shape index (κ2) is 10.6. The molecule has 1 saturated heterocycles. The van der Waals surface area contributed by atoms with Crippen molar-refractivity contribution in [3.8, 4) is 17.1 Å². The quantitative estimate of drug-likeness (QED) is 0.492. The average Bonchev–Trinajstić information content (AvgIpc) is 3.22. The lowest BCUT2D eigenvalue weighted by Gasteiger charge is -2.33. The number of piperazine rings is 1. The molecule has 33 heavy (non-hydrogen) atoms. The third-order valence-corrected chi connectivity index (χ3v) is 6.11. The van der Waals surface area contributed by atoms with Crippen molar-refractivity contribution in [1.82, 2.24) is 30.0 Å². The number of aromatic amines is 1. The van der Waals surface area contributed by atoms with Gasteiger partial charge in [-0.1, -0.05) is 0 Å². The molecule has 1 aromatic carbocycles. The lowest BCUT2D eigenvalue weighted by atomic mass is 10.2. The minimum absolute atomic E-state index is 0.0447. The van der Waals surface area contributed by atoms with Gasteiger partial charge in [-0.3, -0.25) is 14.5 Å². The summed E-state index contributed by atoms with van der Waals surface area (Å²) in [6.07, 6.45) is 2.11. The van der Waals surface area contributed by atoms with Gasteiger partial charge < -0.3 is 19.9 Å². The van der Waals surface area contributed by atoms with E-state index in [1.807, 2.05) is 34.9 Å². The first-order chi connectivity index (χ1) is 16.0. The van der Waals surface area contributed by atoms with Gasteiger partial charge in [0.2, 0.25) is 5.91 Å². The van der Waals surface area contributed by atoms with Gasteiger partial charge in [0, 0.05) is 57.4 Å². The van der Waals surface area contributed by atoms with Crippen LogP contribution in [-0.2, 0) is 17.9 Å². The van der Waals surface area contributed by atoms with Gasteiger partial charge in [-0.2, -0.15) is 5.10 Å². The van der Waals surface area contributed by atoms with Crippen molar-refractivity contribution in [2.24, 2.45) is 0 Å². The Labute approximate surface area is 198 Å². The summed E-state index contributed by atoms with van der Waals surface area (Å²) < 4.78 is 7.54. The highest BCUT2D eigenvalue weighted by molar-refractivity contribution is 7.71. The van der Waals surface area contributed by atoms with Crippen molar-refractivity contribution < 1.29 is 9.53 Å². The van der Waals surface area contributed by atoms with E-state index in [9.17, 15) is 4.79 Å². The molecule has 0 saturated carbocycles. The molecule has 0 bridgehead atoms. The molecular weight excluding hydrogens is 438 g/mol. The van der Waals surface area contributed by atoms with E-state index < -0.39 is 0 Å². The predicted octanol–water partition coefficient (Wildman–Crippen LogP) is 2.47. The number of likely N-dealkylation sites (N-methyl/N-ethyl adjacent to an activating group) is 1. The molecule has 3 aromatic rings. The Hall–Kier alpha value is -3.24. The lowest BCUT2D eigenvalue weighted by molar-refractivity contribution is -0.121. The molecular formula is C23H29N7O2S. The number of ether oxygens (including phenoxy) is 1. The van der Waals surface area contributed by atoms with E-state index in [0.717, 1.165) is 48.9 Å². The zero-order valence-corrected chi connectivity index (χ0v) is 19.8. The lowest BCUT2D eigenvalue weighted by Crippen LogP contribution is -2.44. The van der Waals surface area contributed by atoms with Crippen LogP contribution in [0.2, 0.25) is 0 Å². The summed E-state index contributed by atoms with van der Waals surface area (Å²) in [5.74, 6) is 2.38. The third-order valence-electron chi connectivity index (χ3n) is 5.80. The van der Waals surface area contributed by atoms with Crippen molar-refractivity contribution in [1.29, 1.82) is 0 Å². The summed E-state index contributed by atoms with van der Waals surface area (Å²) in [6.45, 7) is 4.87. The first-order valence-corrected chi connectivity index (χ1v) is 11.4. The van der Waals surface area contributed by atoms with Gasteiger partial charge >= 0.3 is 0 Å². The van der Waals surface area contributed by atoms with Gasteiger partial charge in [0.05, 0.1) is 7.11 Å². The molecule has 0 radical (unpaired) electrons. The number of pyridine rings is 1. The molecule has 1 aliphatic heterocycles. The topological polar surface area (TPSA) is 91.3 Å². The van der Waals surface area contributed by atoms with Crippen LogP contribution in [0.25, 0.3) is 11.4 Å². The molecule has 9 nitrogen and oxygen atoms in total. The highest BCUT2D eigenvalue weighted by Crippen LogP contribution is 2.21. The largest absolute Gasteiger partial charge is 0.497 e. The maximum absolute atomic E-state index is 12.5. The molecule has 0 unspecified atom stereocenters. The number of nitrogens with zero attached hydrogens (tertiary/aromatic N) is 5. The van der Waals surface area contributed by atoms with Crippen molar-refractivity contribution in [3.63, 3.8) is 0 Å². The van der Waals surface area contributed by atoms with Crippen LogP contribution in [-0.4, -0.2) is 70.9 Å². The second-order valence-electron chi connectivity index (χ2n) is 8.07. The van der Waals surface area contributed by atoms with Crippen LogP contribution in [0, 0.1) is 4.77 Å². The zero-order chi connectivity index (χ0) is 23.2. The molecule has 10 heteroatoms. The summed E-state index contributed by atoms with van der Waals surface area (Å²) >= 11 is 5.37. The second-order valence-corrected chi connectivity index (χ2v) is 8.46. The van der Waals surface area contributed by atoms with Crippen LogP contribution in [0.3, 0.4) is 0 Å². The normalized spacial score (nSPS) is 14.3. The van der Waals surface area contributed by atoms with Crippen LogP contribution in [0.15, 0.2) is 42.6 Å². The Balaban J connectivity index is 1.33. The molecule has 2 N–H and O–H groups in total. The van der Waals surface area contributed by atoms with Crippen LogP contribution in [0.4, 0.5) is 5.82 Å². The maximum atomic E-state index is 12.5. The molecule has 1 fully saturated rings. The molecule has 174 valence electrons. The Morgan fingerprint density at radius 1 is 1.18 bits per heavy atom. The van der Waals surface area contributed by atoms with Crippen molar-refractivity contribution in [2.45, 2.75) is 19.5 Å². The van der Waals surface area contributed by atoms with Gasteiger partial charge in [0.15, 0.2) is 10.6 Å². The summed E-state index contributed by atoms with van der Waals surface area (Å²) in [7, 11) is 3.76. The van der Waals surface area contributed by atoms with E-state index in [2.05, 4.69) is 43.4 Å². The zero-order valence-electron chi connectivity index (χ0n) is 19.0. The monoisotopic (exact) mass is 467 g/mol. The number of carbonyl (C=O) groups is 1. The minimum Gasteiger partial charge on any atom is -0.497 e. The number of H-pyrrole nitrogens is 1. The first kappa shape index (κ1) is 22.9. The highest BCUT2D eigenvalue weighted by Gasteiger charge is 2.16. The van der Waals surface area contributed by atoms with E-state index in [-0.39, 0.29) is 5.91 Å². The fourth-order valence-corrected chi connectivity index (χ4v) is 3.99. The summed E-state index contributed by atoms with van der Waals surface area (Å²) in [5, 5.41) is 10.2. The fraction of sp³-hybridized carbons (Fsp3) is 0.391. The van der Waals surface area contributed by atoms with Crippen LogP contribution < -0.4 is 15.0 Å². The van der Waals surface area contributed by atoms with Crippen LogP contribution in [0.1, 0.15) is 12.0 Å². The highest BCUT2D eigenvalue weighted by atomic mass is 32.1. The van der Waals surface area contributed by atoms with Crippen LogP contribution in [0.5, 0.6) is 5.75 Å². The molecule has 1 aliphatic rings. The smallest absolute Gasteiger partial charge is 0.222 e. The fourth-order valence-electron chi connectivity index (χ4n) is 3.77. The minimum atomic E-state index is -0.0447. The number of benzene rings is 1. The Bertz CT molecular complexity index is 1130. The molecule has 1 amide bonds. The van der Waals surface area contributed by atoms with E-state index in [0.29, 0.717) is 30.1 Å². The van der Waals surface area contributed by atoms with Gasteiger partial charge in [-0.25, -0.2) is 4.98 Å². The number of methoxy groups -OCH3 is 1. The maximum Gasteiger partial charge on any atom is 0.222 e. The molecule has 0 atom stereocenters. The molecule has 3 heterocycles. The molecule has 0 spiro atoms. The van der Waals surface area contributed by atoms with E-state index in [1.54, 1.807) is 13.3 Å².